The van der Waals surface area contributed by atoms with E-state index < -0.39 is 0 Å². The van der Waals surface area contributed by atoms with Gasteiger partial charge in [0.2, 0.25) is 0 Å². The van der Waals surface area contributed by atoms with E-state index in [1.807, 2.05) is 29.7 Å². The van der Waals surface area contributed by atoms with E-state index in [1.165, 1.54) is 0 Å². The highest BCUT2D eigenvalue weighted by molar-refractivity contribution is 8.00. The number of rotatable bonds is 2. The van der Waals surface area contributed by atoms with Crippen molar-refractivity contribution < 1.29 is 9.21 Å². The summed E-state index contributed by atoms with van der Waals surface area (Å²) in [4.78, 5) is 14.2. The SMILES string of the molecule is CCc1ccc(C(=O)N2CCS[C@H](C)[C@@H]2C)o1. The van der Waals surface area contributed by atoms with Crippen LogP contribution in [0.15, 0.2) is 16.5 Å². The Kier molecular flexibility index (Phi) is 3.82. The second kappa shape index (κ2) is 5.17. The number of carbonyl (C=O) groups excluding carboxylic acids is 1. The normalized spacial score (nSPS) is 25.0. The van der Waals surface area contributed by atoms with Crippen LogP contribution >= 0.6 is 11.8 Å². The number of carbonyl (C=O) groups is 1. The van der Waals surface area contributed by atoms with E-state index in [0.717, 1.165) is 24.5 Å². The predicted molar refractivity (Wildman–Crippen MR) is 70.5 cm³/mol. The summed E-state index contributed by atoms with van der Waals surface area (Å²) in [7, 11) is 0. The van der Waals surface area contributed by atoms with Gasteiger partial charge in [-0.3, -0.25) is 4.79 Å². The predicted octanol–water partition coefficient (Wildman–Crippen LogP) is 2.81. The van der Waals surface area contributed by atoms with Crippen molar-refractivity contribution in [3.63, 3.8) is 0 Å². The van der Waals surface area contributed by atoms with Gasteiger partial charge in [-0.05, 0) is 19.1 Å². The molecule has 0 N–H and O–H groups in total. The molecule has 3 nitrogen and oxygen atoms in total. The molecule has 94 valence electrons. The summed E-state index contributed by atoms with van der Waals surface area (Å²) < 4.78 is 5.53. The number of nitrogens with zero attached hydrogens (tertiary/aromatic N) is 1. The van der Waals surface area contributed by atoms with Crippen molar-refractivity contribution in [1.29, 1.82) is 0 Å². The molecule has 0 unspecified atom stereocenters. The number of hydrogen-bond donors (Lipinski definition) is 0. The lowest BCUT2D eigenvalue weighted by Gasteiger charge is -2.36. The Balaban J connectivity index is 2.13. The van der Waals surface area contributed by atoms with Crippen molar-refractivity contribution in [2.24, 2.45) is 0 Å². The molecular formula is C13H19NO2S. The Labute approximate surface area is 107 Å². The van der Waals surface area contributed by atoms with Crippen LogP contribution in [0.4, 0.5) is 0 Å². The Bertz CT molecular complexity index is 402. The molecule has 1 amide bonds. The van der Waals surface area contributed by atoms with Gasteiger partial charge in [0.1, 0.15) is 5.76 Å². The molecule has 17 heavy (non-hydrogen) atoms. The summed E-state index contributed by atoms with van der Waals surface area (Å²) in [6.07, 6.45) is 0.828. The lowest BCUT2D eigenvalue weighted by Crippen LogP contribution is -2.47. The number of thioether (sulfide) groups is 1. The van der Waals surface area contributed by atoms with Crippen LogP contribution in [0.5, 0.6) is 0 Å². The molecule has 0 spiro atoms. The van der Waals surface area contributed by atoms with Crippen LogP contribution in [-0.2, 0) is 6.42 Å². The van der Waals surface area contributed by atoms with Crippen molar-refractivity contribution in [3.8, 4) is 0 Å². The number of hydrogen-bond acceptors (Lipinski definition) is 3. The lowest BCUT2D eigenvalue weighted by molar-refractivity contribution is 0.0664. The highest BCUT2D eigenvalue weighted by Crippen LogP contribution is 2.26. The highest BCUT2D eigenvalue weighted by atomic mass is 32.2. The minimum Gasteiger partial charge on any atom is -0.456 e. The zero-order valence-corrected chi connectivity index (χ0v) is 11.4. The summed E-state index contributed by atoms with van der Waals surface area (Å²) in [6.45, 7) is 7.12. The first-order valence-electron chi connectivity index (χ1n) is 6.14. The molecule has 0 aliphatic carbocycles. The van der Waals surface area contributed by atoms with E-state index in [1.54, 1.807) is 6.07 Å². The molecule has 0 bridgehead atoms. The van der Waals surface area contributed by atoms with E-state index in [0.29, 0.717) is 11.0 Å². The molecule has 1 aliphatic heterocycles. The first-order valence-corrected chi connectivity index (χ1v) is 7.19. The number of aryl methyl sites for hydroxylation is 1. The summed E-state index contributed by atoms with van der Waals surface area (Å²) in [5, 5.41) is 0.494. The molecular weight excluding hydrogens is 234 g/mol. The van der Waals surface area contributed by atoms with Crippen molar-refractivity contribution in [3.05, 3.63) is 23.7 Å². The minimum atomic E-state index is 0.0318. The van der Waals surface area contributed by atoms with Gasteiger partial charge in [0, 0.05) is 30.0 Å². The third kappa shape index (κ3) is 2.51. The second-order valence-electron chi connectivity index (χ2n) is 4.43. The number of furan rings is 1. The summed E-state index contributed by atoms with van der Waals surface area (Å²) >= 11 is 1.93. The van der Waals surface area contributed by atoms with Crippen LogP contribution in [0.25, 0.3) is 0 Å². The molecule has 1 fully saturated rings. The zero-order valence-electron chi connectivity index (χ0n) is 10.6. The van der Waals surface area contributed by atoms with Crippen LogP contribution in [-0.4, -0.2) is 34.4 Å². The fraction of sp³-hybridized carbons (Fsp3) is 0.615. The van der Waals surface area contributed by atoms with Gasteiger partial charge < -0.3 is 9.32 Å². The summed E-state index contributed by atoms with van der Waals surface area (Å²) in [6, 6.07) is 3.96. The van der Waals surface area contributed by atoms with Gasteiger partial charge in [-0.15, -0.1) is 0 Å². The topological polar surface area (TPSA) is 33.5 Å². The monoisotopic (exact) mass is 253 g/mol. The van der Waals surface area contributed by atoms with E-state index in [-0.39, 0.29) is 11.9 Å². The van der Waals surface area contributed by atoms with Gasteiger partial charge in [-0.2, -0.15) is 11.8 Å². The van der Waals surface area contributed by atoms with Crippen molar-refractivity contribution in [2.75, 3.05) is 12.3 Å². The molecule has 0 saturated carbocycles. The maximum atomic E-state index is 12.3. The van der Waals surface area contributed by atoms with Gasteiger partial charge in [0.05, 0.1) is 0 Å². The molecule has 1 aromatic rings. The molecule has 2 rings (SSSR count). The molecule has 2 atom stereocenters. The van der Waals surface area contributed by atoms with Crippen molar-refractivity contribution in [2.45, 2.75) is 38.5 Å². The van der Waals surface area contributed by atoms with Gasteiger partial charge in [-0.25, -0.2) is 0 Å². The maximum Gasteiger partial charge on any atom is 0.289 e. The smallest absolute Gasteiger partial charge is 0.289 e. The Morgan fingerprint density at radius 3 is 2.94 bits per heavy atom. The fourth-order valence-corrected chi connectivity index (χ4v) is 3.14. The third-order valence-electron chi connectivity index (χ3n) is 3.37. The molecule has 4 heteroatoms. The molecule has 0 radical (unpaired) electrons. The van der Waals surface area contributed by atoms with E-state index >= 15 is 0 Å². The first kappa shape index (κ1) is 12.6. The second-order valence-corrected chi connectivity index (χ2v) is 5.92. The van der Waals surface area contributed by atoms with Gasteiger partial charge in [-0.1, -0.05) is 13.8 Å². The van der Waals surface area contributed by atoms with Crippen LogP contribution in [0.1, 0.15) is 37.1 Å². The lowest BCUT2D eigenvalue weighted by atomic mass is 10.2. The third-order valence-corrected chi connectivity index (χ3v) is 4.70. The average molecular weight is 253 g/mol. The van der Waals surface area contributed by atoms with Crippen LogP contribution in [0.3, 0.4) is 0 Å². The minimum absolute atomic E-state index is 0.0318. The largest absolute Gasteiger partial charge is 0.456 e. The molecule has 1 saturated heterocycles. The van der Waals surface area contributed by atoms with Crippen LogP contribution in [0, 0.1) is 0 Å². The average Bonchev–Trinajstić information content (AvgIpc) is 2.80. The molecule has 1 aliphatic rings. The standard InChI is InChI=1S/C13H19NO2S/c1-4-11-5-6-12(16-11)13(15)14-7-8-17-10(3)9(14)2/h5-6,9-10H,4,7-8H2,1-3H3/t9-,10+/m0/s1. The summed E-state index contributed by atoms with van der Waals surface area (Å²) in [5.74, 6) is 2.40. The number of amides is 1. The Morgan fingerprint density at radius 1 is 1.53 bits per heavy atom. The van der Waals surface area contributed by atoms with E-state index in [4.69, 9.17) is 4.42 Å². The quantitative estimate of drug-likeness (QED) is 0.812. The van der Waals surface area contributed by atoms with Crippen molar-refractivity contribution in [1.82, 2.24) is 4.90 Å². The van der Waals surface area contributed by atoms with E-state index in [9.17, 15) is 4.79 Å². The van der Waals surface area contributed by atoms with Crippen molar-refractivity contribution >= 4 is 17.7 Å². The zero-order chi connectivity index (χ0) is 12.4. The first-order chi connectivity index (χ1) is 8.13. The van der Waals surface area contributed by atoms with Crippen LogP contribution in [0.2, 0.25) is 0 Å². The molecule has 2 heterocycles. The Morgan fingerprint density at radius 2 is 2.29 bits per heavy atom. The summed E-state index contributed by atoms with van der Waals surface area (Å²) in [5.41, 5.74) is 0. The fourth-order valence-electron chi connectivity index (χ4n) is 2.04. The Hall–Kier alpha value is -0.900. The maximum absolute atomic E-state index is 12.3. The molecule has 0 aromatic carbocycles. The molecule has 1 aromatic heterocycles. The van der Waals surface area contributed by atoms with Gasteiger partial charge >= 0.3 is 0 Å². The van der Waals surface area contributed by atoms with E-state index in [2.05, 4.69) is 13.8 Å². The van der Waals surface area contributed by atoms with Gasteiger partial charge in [0.25, 0.3) is 5.91 Å². The highest BCUT2D eigenvalue weighted by Gasteiger charge is 2.30. The van der Waals surface area contributed by atoms with Crippen LogP contribution < -0.4 is 0 Å². The van der Waals surface area contributed by atoms with Gasteiger partial charge in [0.15, 0.2) is 5.76 Å².